The number of alkyl halides is 1. The fourth-order valence-electron chi connectivity index (χ4n) is 3.52. The number of rotatable bonds is 7. The Labute approximate surface area is 184 Å². The van der Waals surface area contributed by atoms with Crippen LogP contribution in [0.5, 0.6) is 0 Å². The van der Waals surface area contributed by atoms with Gasteiger partial charge in [-0.25, -0.2) is 8.96 Å². The van der Waals surface area contributed by atoms with Gasteiger partial charge in [-0.3, -0.25) is 32.9 Å². The van der Waals surface area contributed by atoms with Crippen molar-refractivity contribution in [3.05, 3.63) is 12.3 Å². The molecule has 1 N–H and O–H groups in total. The van der Waals surface area contributed by atoms with Gasteiger partial charge in [0.1, 0.15) is 12.2 Å². The fourth-order valence-corrected chi connectivity index (χ4v) is 5.01. The van der Waals surface area contributed by atoms with Gasteiger partial charge >= 0.3 is 13.8 Å². The van der Waals surface area contributed by atoms with Crippen LogP contribution >= 0.6 is 7.82 Å². The van der Waals surface area contributed by atoms with Crippen LogP contribution in [0.15, 0.2) is 12.3 Å². The molecule has 3 aliphatic rings. The van der Waals surface area contributed by atoms with Gasteiger partial charge in [-0.2, -0.15) is 0 Å². The van der Waals surface area contributed by atoms with Gasteiger partial charge in [0.05, 0.1) is 25.0 Å². The molecule has 0 unspecified atom stereocenters. The molecule has 0 spiro atoms. The minimum absolute atomic E-state index is 0.129. The summed E-state index contributed by atoms with van der Waals surface area (Å²) in [4.78, 5) is 36.3. The predicted molar refractivity (Wildman–Crippen MR) is 104 cm³/mol. The number of ether oxygens (including phenoxy) is 2. The van der Waals surface area contributed by atoms with Crippen LogP contribution < -0.4 is 0 Å². The van der Waals surface area contributed by atoms with Crippen molar-refractivity contribution in [1.82, 2.24) is 4.90 Å². The molecule has 0 aromatic carbocycles. The van der Waals surface area contributed by atoms with Crippen molar-refractivity contribution in [2.45, 2.75) is 70.4 Å². The maximum absolute atomic E-state index is 15.4. The van der Waals surface area contributed by atoms with Gasteiger partial charge < -0.3 is 14.6 Å². The van der Waals surface area contributed by atoms with E-state index in [1.807, 2.05) is 0 Å². The van der Waals surface area contributed by atoms with E-state index in [0.29, 0.717) is 0 Å². The lowest BCUT2D eigenvalue weighted by Crippen LogP contribution is -2.56. The summed E-state index contributed by atoms with van der Waals surface area (Å²) in [7, 11) is -4.32. The second kappa shape index (κ2) is 8.92. The Morgan fingerprint density at radius 1 is 1.41 bits per heavy atom. The van der Waals surface area contributed by atoms with Gasteiger partial charge in [0.15, 0.2) is 18.1 Å². The van der Waals surface area contributed by atoms with Crippen LogP contribution in [0.2, 0.25) is 0 Å². The van der Waals surface area contributed by atoms with E-state index in [0.717, 1.165) is 24.1 Å². The van der Waals surface area contributed by atoms with Crippen LogP contribution in [0, 0.1) is 5.92 Å². The number of phosphoric ester groups is 1. The van der Waals surface area contributed by atoms with Crippen molar-refractivity contribution in [3.63, 3.8) is 0 Å². The van der Waals surface area contributed by atoms with Crippen LogP contribution in [-0.4, -0.2) is 70.8 Å². The fraction of sp³-hybridized carbons (Fsp3) is 0.737. The highest BCUT2D eigenvalue weighted by Crippen LogP contribution is 2.61. The molecule has 0 aromatic rings. The highest BCUT2D eigenvalue weighted by molar-refractivity contribution is 7.48. The van der Waals surface area contributed by atoms with Gasteiger partial charge in [-0.1, -0.05) is 6.92 Å². The van der Waals surface area contributed by atoms with E-state index in [1.54, 1.807) is 20.8 Å². The Morgan fingerprint density at radius 3 is 2.72 bits per heavy atom. The number of nitrogens with zero attached hydrogens (tertiary/aromatic N) is 1. The summed E-state index contributed by atoms with van der Waals surface area (Å²) in [5.41, 5.74) is -2.16. The Balaban J connectivity index is 1.66. The number of allylic oxidation sites excluding steroid dienone is 1. The third-order valence-electron chi connectivity index (χ3n) is 5.23. The van der Waals surface area contributed by atoms with E-state index in [4.69, 9.17) is 23.0 Å². The molecule has 13 heteroatoms. The number of aliphatic hydroxyl groups is 1. The number of halogens is 1. The van der Waals surface area contributed by atoms with Gasteiger partial charge in [0, 0.05) is 6.20 Å². The van der Waals surface area contributed by atoms with Crippen LogP contribution in [0.1, 0.15) is 40.5 Å². The zero-order valence-electron chi connectivity index (χ0n) is 18.2. The third kappa shape index (κ3) is 4.95. The average Bonchev–Trinajstić information content (AvgIpc) is 2.88. The average molecular weight is 479 g/mol. The topological polar surface area (TPSA) is 138 Å². The molecular weight excluding hydrogens is 452 g/mol. The molecule has 3 aliphatic heterocycles. The first kappa shape index (κ1) is 24.9. The maximum Gasteiger partial charge on any atom is 0.475 e. The Hall–Kier alpha value is -1.69. The quantitative estimate of drug-likeness (QED) is 0.325. The van der Waals surface area contributed by atoms with E-state index in [9.17, 15) is 24.1 Å². The summed E-state index contributed by atoms with van der Waals surface area (Å²) in [5.74, 6) is -4.89. The van der Waals surface area contributed by atoms with Gasteiger partial charge in [-0.15, -0.1) is 0 Å². The molecule has 11 nitrogen and oxygen atoms in total. The SMILES string of the molecule is CC(C)OC(=O)[C@H](C)CCO[P@]1(=O)OC[C@@]2(F)O[C@@H](N3C=CC(=O)CC3=O)[C@](C)(O)[C@@H]2O1. The van der Waals surface area contributed by atoms with Crippen molar-refractivity contribution >= 4 is 25.5 Å². The molecule has 0 radical (unpaired) electrons. The predicted octanol–water partition coefficient (Wildman–Crippen LogP) is 1.59. The minimum atomic E-state index is -4.32. The lowest BCUT2D eigenvalue weighted by atomic mass is 9.94. The van der Waals surface area contributed by atoms with Crippen molar-refractivity contribution in [1.29, 1.82) is 0 Å². The molecule has 0 saturated carbocycles. The Kier molecular flexibility index (Phi) is 6.95. The van der Waals surface area contributed by atoms with E-state index < -0.39 is 68.2 Å². The summed E-state index contributed by atoms with van der Waals surface area (Å²) in [6.45, 7) is 5.06. The molecule has 3 heterocycles. The molecule has 0 bridgehead atoms. The molecule has 0 aromatic heterocycles. The van der Waals surface area contributed by atoms with Gasteiger partial charge in [0.25, 0.3) is 5.85 Å². The standard InChI is InChI=1S/C19H27FNO10P/c1-11(2)29-15(24)12(3)6-8-27-32(26)28-10-19(20)16(31-32)18(4,25)17(30-19)21-7-5-13(22)9-14(21)23/h5,7,11-12,16-17,25H,6,8-10H2,1-4H3/t12-,16+,17-,18-,19-,32-/m1/s1. The monoisotopic (exact) mass is 479 g/mol. The third-order valence-corrected chi connectivity index (χ3v) is 6.64. The highest BCUT2D eigenvalue weighted by atomic mass is 31.2. The molecule has 180 valence electrons. The summed E-state index contributed by atoms with van der Waals surface area (Å²) in [6, 6.07) is 0. The Morgan fingerprint density at radius 2 is 2.09 bits per heavy atom. The molecule has 1 amide bonds. The van der Waals surface area contributed by atoms with E-state index in [2.05, 4.69) is 0 Å². The molecule has 0 aliphatic carbocycles. The van der Waals surface area contributed by atoms with Gasteiger partial charge in [-0.05, 0) is 33.3 Å². The zero-order chi connectivity index (χ0) is 23.9. The minimum Gasteiger partial charge on any atom is -0.463 e. The number of hydrogen-bond acceptors (Lipinski definition) is 10. The van der Waals surface area contributed by atoms with E-state index in [-0.39, 0.29) is 19.1 Å². The number of phosphoric acid groups is 1. The number of amides is 1. The first-order valence-electron chi connectivity index (χ1n) is 10.2. The second-order valence-electron chi connectivity index (χ2n) is 8.46. The molecule has 2 fully saturated rings. The molecule has 2 saturated heterocycles. The number of esters is 1. The van der Waals surface area contributed by atoms with Crippen LogP contribution in [-0.2, 0) is 42.0 Å². The van der Waals surface area contributed by atoms with E-state index >= 15 is 4.39 Å². The lowest BCUT2D eigenvalue weighted by Gasteiger charge is -2.38. The Bertz CT molecular complexity index is 861. The summed E-state index contributed by atoms with van der Waals surface area (Å²) in [6.07, 6.45) is -1.81. The van der Waals surface area contributed by atoms with Crippen molar-refractivity contribution in [2.75, 3.05) is 13.2 Å². The summed E-state index contributed by atoms with van der Waals surface area (Å²) >= 11 is 0. The first-order chi connectivity index (χ1) is 14.8. The lowest BCUT2D eigenvalue weighted by molar-refractivity contribution is -0.224. The maximum atomic E-state index is 15.4. The number of carbonyl (C=O) groups excluding carboxylic acids is 3. The largest absolute Gasteiger partial charge is 0.475 e. The number of ketones is 1. The van der Waals surface area contributed by atoms with Crippen molar-refractivity contribution in [2.24, 2.45) is 5.92 Å². The van der Waals surface area contributed by atoms with Crippen LogP contribution in [0.3, 0.4) is 0 Å². The first-order valence-corrected chi connectivity index (χ1v) is 11.6. The molecular formula is C19H27FNO10P. The zero-order valence-corrected chi connectivity index (χ0v) is 19.1. The van der Waals surface area contributed by atoms with Crippen LogP contribution in [0.25, 0.3) is 0 Å². The van der Waals surface area contributed by atoms with Crippen LogP contribution in [0.4, 0.5) is 4.39 Å². The van der Waals surface area contributed by atoms with E-state index in [1.165, 1.54) is 0 Å². The molecule has 6 atom stereocenters. The molecule has 32 heavy (non-hydrogen) atoms. The number of fused-ring (bicyclic) bond motifs is 1. The smallest absolute Gasteiger partial charge is 0.463 e. The molecule has 3 rings (SSSR count). The second-order valence-corrected chi connectivity index (χ2v) is 10.1. The highest BCUT2D eigenvalue weighted by Gasteiger charge is 2.70. The number of carbonyl (C=O) groups is 3. The van der Waals surface area contributed by atoms with Gasteiger partial charge in [0.2, 0.25) is 5.91 Å². The van der Waals surface area contributed by atoms with Crippen molar-refractivity contribution < 1.29 is 51.5 Å². The van der Waals surface area contributed by atoms with Crippen molar-refractivity contribution in [3.8, 4) is 0 Å². The number of hydrogen-bond donors (Lipinski definition) is 1. The normalized spacial score (nSPS) is 38.2. The summed E-state index contributed by atoms with van der Waals surface area (Å²) in [5, 5.41) is 11.0. The summed E-state index contributed by atoms with van der Waals surface area (Å²) < 4.78 is 54.0.